The third kappa shape index (κ3) is 5.04. The van der Waals surface area contributed by atoms with Gasteiger partial charge in [0.1, 0.15) is 11.5 Å². The molecule has 0 aliphatic carbocycles. The van der Waals surface area contributed by atoms with Gasteiger partial charge in [0.25, 0.3) is 0 Å². The largest absolute Gasteiger partial charge is 0.476 e. The van der Waals surface area contributed by atoms with Crippen LogP contribution in [0.3, 0.4) is 0 Å². The topological polar surface area (TPSA) is 111 Å². The number of guanidine groups is 1. The lowest BCUT2D eigenvalue weighted by Gasteiger charge is -2.34. The smallest absolute Gasteiger partial charge is 0.232 e. The van der Waals surface area contributed by atoms with E-state index in [1.165, 1.54) is 36.5 Å². The van der Waals surface area contributed by atoms with E-state index >= 15 is 0 Å². The van der Waals surface area contributed by atoms with Gasteiger partial charge in [-0.05, 0) is 30.5 Å². The van der Waals surface area contributed by atoms with Gasteiger partial charge in [0.15, 0.2) is 11.7 Å². The fourth-order valence-corrected chi connectivity index (χ4v) is 3.22. The van der Waals surface area contributed by atoms with Crippen molar-refractivity contribution in [1.82, 2.24) is 14.9 Å². The summed E-state index contributed by atoms with van der Waals surface area (Å²) in [7, 11) is 1.52. The lowest BCUT2D eigenvalue weighted by Crippen LogP contribution is -2.47. The van der Waals surface area contributed by atoms with Crippen LogP contribution in [0.2, 0.25) is 0 Å². The molecule has 1 aliphatic rings. The van der Waals surface area contributed by atoms with Gasteiger partial charge in [-0.2, -0.15) is 0 Å². The van der Waals surface area contributed by atoms with Crippen LogP contribution in [0.25, 0.3) is 0 Å². The standard InChI is InChI=1S/C22H26FN5O3/c1-13(2)12-31-19-11-25-17(10-26-19)18(29)8-14-5-6-16(23)15(7-14)22(3)9-20(30)28(4)21(24)27-22/h5-7,10-11,13H,8-9,12H2,1-4H3,(H2,24,27). The third-order valence-electron chi connectivity index (χ3n) is 5.03. The Morgan fingerprint density at radius 1 is 1.32 bits per heavy atom. The Bertz CT molecular complexity index is 1020. The van der Waals surface area contributed by atoms with Crippen LogP contribution in [0.5, 0.6) is 5.88 Å². The van der Waals surface area contributed by atoms with Crippen molar-refractivity contribution in [3.8, 4) is 5.88 Å². The second kappa shape index (κ2) is 8.79. The molecule has 31 heavy (non-hydrogen) atoms. The van der Waals surface area contributed by atoms with Crippen LogP contribution in [0.4, 0.5) is 4.39 Å². The zero-order chi connectivity index (χ0) is 22.8. The van der Waals surface area contributed by atoms with E-state index in [4.69, 9.17) is 10.5 Å². The highest BCUT2D eigenvalue weighted by Crippen LogP contribution is 2.35. The summed E-state index contributed by atoms with van der Waals surface area (Å²) < 4.78 is 20.1. The van der Waals surface area contributed by atoms with Gasteiger partial charge in [-0.15, -0.1) is 0 Å². The molecule has 0 bridgehead atoms. The van der Waals surface area contributed by atoms with Gasteiger partial charge in [-0.25, -0.2) is 19.4 Å². The first-order valence-electron chi connectivity index (χ1n) is 9.98. The molecule has 0 radical (unpaired) electrons. The molecule has 2 heterocycles. The van der Waals surface area contributed by atoms with Gasteiger partial charge in [-0.1, -0.05) is 19.9 Å². The van der Waals surface area contributed by atoms with Gasteiger partial charge < -0.3 is 10.5 Å². The average Bonchev–Trinajstić information content (AvgIpc) is 2.72. The summed E-state index contributed by atoms with van der Waals surface area (Å²) >= 11 is 0. The number of nitrogens with two attached hydrogens (primary N) is 1. The Balaban J connectivity index is 1.79. The van der Waals surface area contributed by atoms with Crippen molar-refractivity contribution in [2.24, 2.45) is 16.6 Å². The summed E-state index contributed by atoms with van der Waals surface area (Å²) in [5, 5.41) is 0. The molecule has 0 fully saturated rings. The van der Waals surface area contributed by atoms with Gasteiger partial charge >= 0.3 is 0 Å². The summed E-state index contributed by atoms with van der Waals surface area (Å²) in [4.78, 5) is 38.7. The Morgan fingerprint density at radius 2 is 2.06 bits per heavy atom. The number of rotatable bonds is 7. The number of aliphatic imine (C=N–C) groups is 1. The monoisotopic (exact) mass is 427 g/mol. The van der Waals surface area contributed by atoms with Crippen molar-refractivity contribution < 1.29 is 18.7 Å². The molecule has 0 saturated carbocycles. The normalized spacial score (nSPS) is 18.8. The highest BCUT2D eigenvalue weighted by molar-refractivity contribution is 5.99. The van der Waals surface area contributed by atoms with E-state index in [0.717, 1.165) is 0 Å². The number of aromatic nitrogens is 2. The maximum Gasteiger partial charge on any atom is 0.232 e. The van der Waals surface area contributed by atoms with Crippen molar-refractivity contribution in [3.63, 3.8) is 0 Å². The molecule has 3 rings (SSSR count). The van der Waals surface area contributed by atoms with Crippen LogP contribution in [-0.2, 0) is 16.8 Å². The Hall–Kier alpha value is -3.36. The number of carbonyl (C=O) groups excluding carboxylic acids is 2. The molecule has 2 aromatic rings. The van der Waals surface area contributed by atoms with Crippen LogP contribution in [0, 0.1) is 11.7 Å². The van der Waals surface area contributed by atoms with Crippen LogP contribution in [0.1, 0.15) is 48.8 Å². The molecule has 1 aliphatic heterocycles. The summed E-state index contributed by atoms with van der Waals surface area (Å²) in [5.41, 5.74) is 5.66. The molecule has 164 valence electrons. The zero-order valence-corrected chi connectivity index (χ0v) is 18.1. The number of ketones is 1. The first kappa shape index (κ1) is 22.3. The van der Waals surface area contributed by atoms with Crippen LogP contribution < -0.4 is 10.5 Å². The summed E-state index contributed by atoms with van der Waals surface area (Å²) in [5.74, 6) is -0.324. The van der Waals surface area contributed by atoms with E-state index in [2.05, 4.69) is 15.0 Å². The second-order valence-corrected chi connectivity index (χ2v) is 8.23. The molecule has 1 aromatic heterocycles. The molecule has 1 aromatic carbocycles. The number of hydrogen-bond donors (Lipinski definition) is 1. The minimum absolute atomic E-state index is 0.00269. The van der Waals surface area contributed by atoms with Crippen LogP contribution >= 0.6 is 0 Å². The maximum atomic E-state index is 14.6. The zero-order valence-electron chi connectivity index (χ0n) is 18.1. The van der Waals surface area contributed by atoms with Crippen molar-refractivity contribution >= 4 is 17.6 Å². The molecule has 1 atom stereocenters. The van der Waals surface area contributed by atoms with Crippen LogP contribution in [0.15, 0.2) is 35.6 Å². The summed E-state index contributed by atoms with van der Waals surface area (Å²) in [6, 6.07) is 4.35. The number of amides is 1. The number of benzene rings is 1. The molecule has 9 heteroatoms. The number of hydrogen-bond acceptors (Lipinski definition) is 7. The fourth-order valence-electron chi connectivity index (χ4n) is 3.22. The van der Waals surface area contributed by atoms with E-state index < -0.39 is 11.4 Å². The number of ether oxygens (including phenoxy) is 1. The van der Waals surface area contributed by atoms with E-state index in [9.17, 15) is 14.0 Å². The van der Waals surface area contributed by atoms with Crippen LogP contribution in [-0.4, -0.2) is 46.2 Å². The van der Waals surface area contributed by atoms with Crippen molar-refractivity contribution in [1.29, 1.82) is 0 Å². The molecule has 1 unspecified atom stereocenters. The van der Waals surface area contributed by atoms with Crippen molar-refractivity contribution in [2.75, 3.05) is 13.7 Å². The van der Waals surface area contributed by atoms with Crippen molar-refractivity contribution in [2.45, 2.75) is 39.2 Å². The molecule has 2 N–H and O–H groups in total. The summed E-state index contributed by atoms with van der Waals surface area (Å²) in [6.45, 7) is 6.19. The third-order valence-corrected chi connectivity index (χ3v) is 5.03. The number of carbonyl (C=O) groups is 2. The summed E-state index contributed by atoms with van der Waals surface area (Å²) in [6.07, 6.45) is 2.75. The molecule has 8 nitrogen and oxygen atoms in total. The minimum Gasteiger partial charge on any atom is -0.476 e. The average molecular weight is 427 g/mol. The van der Waals surface area contributed by atoms with E-state index in [0.29, 0.717) is 24.0 Å². The van der Waals surface area contributed by atoms with Gasteiger partial charge in [0.05, 0.1) is 31.0 Å². The SMILES string of the molecule is CC(C)COc1cnc(C(=O)Cc2ccc(F)c(C3(C)CC(=O)N(C)C(N)=N3)c2)cn1. The maximum absolute atomic E-state index is 14.6. The minimum atomic E-state index is -1.15. The lowest BCUT2D eigenvalue weighted by atomic mass is 9.85. The molecule has 0 saturated heterocycles. The fraction of sp³-hybridized carbons (Fsp3) is 0.409. The van der Waals surface area contributed by atoms with Gasteiger partial charge in [0.2, 0.25) is 11.8 Å². The number of Topliss-reactive ketones (excluding diaryl/α,β-unsaturated/α-hetero) is 1. The van der Waals surface area contributed by atoms with Crippen molar-refractivity contribution in [3.05, 3.63) is 53.2 Å². The lowest BCUT2D eigenvalue weighted by molar-refractivity contribution is -0.128. The second-order valence-electron chi connectivity index (χ2n) is 8.23. The van der Waals surface area contributed by atoms with E-state index in [-0.39, 0.29) is 41.7 Å². The Kier molecular flexibility index (Phi) is 6.33. The molecular weight excluding hydrogens is 401 g/mol. The van der Waals surface area contributed by atoms with Gasteiger partial charge in [0, 0.05) is 19.0 Å². The quantitative estimate of drug-likeness (QED) is 0.680. The van der Waals surface area contributed by atoms with E-state index in [1.807, 2.05) is 13.8 Å². The Labute approximate surface area is 180 Å². The first-order valence-corrected chi connectivity index (χ1v) is 9.98. The number of halogens is 1. The van der Waals surface area contributed by atoms with E-state index in [1.54, 1.807) is 13.0 Å². The number of nitrogens with zero attached hydrogens (tertiary/aromatic N) is 4. The molecular formula is C22H26FN5O3. The highest BCUT2D eigenvalue weighted by atomic mass is 19.1. The predicted molar refractivity (Wildman–Crippen MR) is 113 cm³/mol. The highest BCUT2D eigenvalue weighted by Gasteiger charge is 2.38. The predicted octanol–water partition coefficient (Wildman–Crippen LogP) is 2.47. The van der Waals surface area contributed by atoms with Gasteiger partial charge in [-0.3, -0.25) is 14.5 Å². The first-order chi connectivity index (χ1) is 14.6. The molecule has 0 spiro atoms. The Morgan fingerprint density at radius 3 is 2.68 bits per heavy atom. The molecule has 1 amide bonds.